The van der Waals surface area contributed by atoms with E-state index in [2.05, 4.69) is 13.8 Å². The number of hydrogen-bond donors (Lipinski definition) is 0. The van der Waals surface area contributed by atoms with Crippen molar-refractivity contribution in [2.45, 2.75) is 156 Å². The Kier molecular flexibility index (Phi) is 32.7. The summed E-state index contributed by atoms with van der Waals surface area (Å²) < 4.78 is 9.79. The van der Waals surface area contributed by atoms with Gasteiger partial charge in [0.05, 0.1) is 18.6 Å². The van der Waals surface area contributed by atoms with Gasteiger partial charge in [0.1, 0.15) is 0 Å². The molecule has 0 fully saturated rings. The largest absolute Gasteiger partial charge is 0.466 e. The molecule has 0 aromatic heterocycles. The van der Waals surface area contributed by atoms with Crippen LogP contribution in [0.3, 0.4) is 0 Å². The van der Waals surface area contributed by atoms with E-state index in [0.717, 1.165) is 18.6 Å². The first-order valence-electron chi connectivity index (χ1n) is 14.1. The first-order chi connectivity index (χ1) is 16.1. The highest BCUT2D eigenvalue weighted by molar-refractivity contribution is 7.95. The molecule has 0 aromatic carbocycles. The summed E-state index contributed by atoms with van der Waals surface area (Å²) in [7, 11) is 0. The van der Waals surface area contributed by atoms with Gasteiger partial charge in [0.25, 0.3) is 0 Å². The molecular weight excluding hydrogens is 432 g/mol. The third kappa shape index (κ3) is 33.5. The first kappa shape index (κ1) is 34.5. The Morgan fingerprint density at radius 3 is 1.30 bits per heavy atom. The quantitative estimate of drug-likeness (QED) is 0.0814. The van der Waals surface area contributed by atoms with Crippen molar-refractivity contribution in [3.8, 4) is 0 Å². The summed E-state index contributed by atoms with van der Waals surface area (Å²) in [4.78, 5) is 21.4. The summed E-state index contributed by atoms with van der Waals surface area (Å²) in [6.07, 6.45) is 25.3. The summed E-state index contributed by atoms with van der Waals surface area (Å²) >= 11 is 1.32. The van der Waals surface area contributed by atoms with Crippen LogP contribution in [0.15, 0.2) is 0 Å². The molecule has 198 valence electrons. The van der Waals surface area contributed by atoms with Gasteiger partial charge in [-0.1, -0.05) is 130 Å². The molecule has 0 aliphatic heterocycles. The van der Waals surface area contributed by atoms with Gasteiger partial charge in [0.2, 0.25) is 0 Å². The Morgan fingerprint density at radius 2 is 0.909 bits per heavy atom. The van der Waals surface area contributed by atoms with Gasteiger partial charge < -0.3 is 8.92 Å². The average molecular weight is 489 g/mol. The molecule has 4 nitrogen and oxygen atoms in total. The van der Waals surface area contributed by atoms with Crippen LogP contribution in [0.25, 0.3) is 0 Å². The number of carbonyl (C=O) groups is 2. The normalized spacial score (nSPS) is 10.4. The van der Waals surface area contributed by atoms with Crippen LogP contribution in [0.5, 0.6) is 0 Å². The molecule has 0 unspecified atom stereocenters. The van der Waals surface area contributed by atoms with Crippen molar-refractivity contribution >= 4 is 24.0 Å². The van der Waals surface area contributed by atoms with Gasteiger partial charge in [-0.25, -0.2) is 0 Å². The van der Waals surface area contributed by atoms with Gasteiger partial charge in [0, 0.05) is 18.6 Å². The van der Waals surface area contributed by atoms with E-state index in [9.17, 15) is 9.59 Å². The van der Waals surface area contributed by atoms with Crippen molar-refractivity contribution in [1.82, 2.24) is 0 Å². The summed E-state index contributed by atoms with van der Waals surface area (Å²) in [6, 6.07) is 0. The van der Waals surface area contributed by atoms with Crippen molar-refractivity contribution in [2.24, 2.45) is 0 Å². The van der Waals surface area contributed by atoms with Crippen LogP contribution in [0, 0.1) is 0 Å². The zero-order valence-electron chi connectivity index (χ0n) is 22.6. The summed E-state index contributed by atoms with van der Waals surface area (Å²) in [5.41, 5.74) is 0. The minimum absolute atomic E-state index is 0.0940. The van der Waals surface area contributed by atoms with Gasteiger partial charge in [0.15, 0.2) is 0 Å². The van der Waals surface area contributed by atoms with Crippen LogP contribution < -0.4 is 0 Å². The third-order valence-electron chi connectivity index (χ3n) is 5.57. The van der Waals surface area contributed by atoms with E-state index < -0.39 is 0 Å². The van der Waals surface area contributed by atoms with Crippen molar-refractivity contribution in [1.29, 1.82) is 0 Å². The highest BCUT2D eigenvalue weighted by Crippen LogP contribution is 2.14. The molecule has 0 N–H and O–H groups in total. The molecule has 0 atom stereocenters. The predicted octanol–water partition coefficient (Wildman–Crippen LogP) is 9.59. The summed E-state index contributed by atoms with van der Waals surface area (Å²) in [6.45, 7) is 8.57. The van der Waals surface area contributed by atoms with Crippen LogP contribution in [0.1, 0.15) is 156 Å². The Bertz CT molecular complexity index is 401. The van der Waals surface area contributed by atoms with E-state index in [1.165, 1.54) is 115 Å². The molecule has 0 heterocycles. The molecule has 0 rings (SSSR count). The van der Waals surface area contributed by atoms with E-state index in [4.69, 9.17) is 8.92 Å². The predicted molar refractivity (Wildman–Crippen MR) is 145 cm³/mol. The lowest BCUT2D eigenvalue weighted by molar-refractivity contribution is -0.143. The molecule has 33 heavy (non-hydrogen) atoms. The Morgan fingerprint density at radius 1 is 0.515 bits per heavy atom. The Balaban J connectivity index is 0. The van der Waals surface area contributed by atoms with E-state index in [1.807, 2.05) is 6.92 Å². The van der Waals surface area contributed by atoms with E-state index in [0.29, 0.717) is 19.4 Å². The lowest BCUT2D eigenvalue weighted by Crippen LogP contribution is -2.02. The molecule has 0 aliphatic carbocycles. The fourth-order valence-electron chi connectivity index (χ4n) is 3.31. The summed E-state index contributed by atoms with van der Waals surface area (Å²) in [5.74, 6) is 0.754. The van der Waals surface area contributed by atoms with Crippen molar-refractivity contribution in [3.05, 3.63) is 0 Å². The highest BCUT2D eigenvalue weighted by atomic mass is 32.2. The van der Waals surface area contributed by atoms with Crippen LogP contribution in [0.2, 0.25) is 0 Å². The zero-order valence-corrected chi connectivity index (χ0v) is 23.4. The number of hydrogen-bond acceptors (Lipinski definition) is 5. The maximum atomic E-state index is 10.9. The van der Waals surface area contributed by atoms with Gasteiger partial charge in [-0.2, -0.15) is 0 Å². The smallest absolute Gasteiger partial charge is 0.317 e. The van der Waals surface area contributed by atoms with Gasteiger partial charge in [-0.05, 0) is 12.8 Å². The fourth-order valence-corrected chi connectivity index (χ4v) is 3.96. The molecule has 0 saturated carbocycles. The summed E-state index contributed by atoms with van der Waals surface area (Å²) in [5, 5.41) is 0. The number of ether oxygens (including phenoxy) is 1. The highest BCUT2D eigenvalue weighted by Gasteiger charge is 1.99. The number of carbonyl (C=O) groups excluding carboxylic acids is 2. The Hall–Kier alpha value is -0.710. The topological polar surface area (TPSA) is 52.6 Å². The molecule has 0 amide bonds. The number of unbranched alkanes of at least 4 members (excludes halogenated alkanes) is 16. The second-order valence-corrected chi connectivity index (χ2v) is 9.67. The van der Waals surface area contributed by atoms with Gasteiger partial charge >= 0.3 is 11.9 Å². The van der Waals surface area contributed by atoms with E-state index in [1.54, 1.807) is 6.92 Å². The average Bonchev–Trinajstić information content (AvgIpc) is 2.83. The molecule has 0 aliphatic rings. The van der Waals surface area contributed by atoms with Crippen molar-refractivity contribution < 1.29 is 18.5 Å². The van der Waals surface area contributed by atoms with Crippen LogP contribution in [-0.2, 0) is 18.5 Å². The minimum Gasteiger partial charge on any atom is -0.466 e. The lowest BCUT2D eigenvalue weighted by atomic mass is 10.0. The first-order valence-corrected chi connectivity index (χ1v) is 15.0. The van der Waals surface area contributed by atoms with Crippen LogP contribution >= 0.6 is 12.0 Å². The minimum atomic E-state index is -0.100. The number of rotatable bonds is 23. The second-order valence-electron chi connectivity index (χ2n) is 8.86. The molecule has 0 bridgehead atoms. The number of esters is 1. The van der Waals surface area contributed by atoms with Crippen LogP contribution in [0.4, 0.5) is 0 Å². The molecular formula is C28H56O4S. The third-order valence-corrected chi connectivity index (χ3v) is 6.33. The maximum absolute atomic E-state index is 10.9. The van der Waals surface area contributed by atoms with Crippen molar-refractivity contribution in [2.75, 3.05) is 12.4 Å². The van der Waals surface area contributed by atoms with E-state index in [-0.39, 0.29) is 11.9 Å². The van der Waals surface area contributed by atoms with Gasteiger partial charge in [-0.15, -0.1) is 0 Å². The SMILES string of the molecule is CCCCCCCCCCCCCCCCCCSOC(=O)CC.CCCCOC(=O)CC. The standard InChI is InChI=1S/C21H42O2S.C7H14O2/c1-3-5-6-7-8-9-10-11-12-13-14-15-16-17-18-19-20-24-23-21(22)4-2;1-3-5-6-9-7(8)4-2/h3-20H2,1-2H3;3-6H2,1-2H3. The molecule has 0 spiro atoms. The monoisotopic (exact) mass is 488 g/mol. The van der Waals surface area contributed by atoms with Crippen molar-refractivity contribution in [3.63, 3.8) is 0 Å². The Labute approximate surface area is 210 Å². The molecule has 0 radical (unpaired) electrons. The molecule has 5 heteroatoms. The van der Waals surface area contributed by atoms with Gasteiger partial charge in [-0.3, -0.25) is 9.59 Å². The molecule has 0 aromatic rings. The zero-order chi connectivity index (χ0) is 24.8. The lowest BCUT2D eigenvalue weighted by Gasteiger charge is -2.04. The second kappa shape index (κ2) is 31.3. The maximum Gasteiger partial charge on any atom is 0.317 e. The van der Waals surface area contributed by atoms with Crippen LogP contribution in [-0.4, -0.2) is 24.3 Å². The van der Waals surface area contributed by atoms with E-state index >= 15 is 0 Å². The fraction of sp³-hybridized carbons (Fsp3) is 0.929. The molecule has 0 saturated heterocycles.